The molecule has 0 radical (unpaired) electrons. The van der Waals surface area contributed by atoms with Crippen LogP contribution in [0.1, 0.15) is 32.1 Å². The second kappa shape index (κ2) is 7.14. The third-order valence-electron chi connectivity index (χ3n) is 5.44. The van der Waals surface area contributed by atoms with E-state index in [-0.39, 0.29) is 11.8 Å². The van der Waals surface area contributed by atoms with Crippen LogP contribution in [0.25, 0.3) is 5.65 Å². The van der Waals surface area contributed by atoms with Gasteiger partial charge in [0.15, 0.2) is 5.65 Å². The van der Waals surface area contributed by atoms with Gasteiger partial charge in [-0.1, -0.05) is 12.1 Å². The summed E-state index contributed by atoms with van der Waals surface area (Å²) in [5, 5.41) is 7.02. The van der Waals surface area contributed by atoms with Crippen molar-refractivity contribution in [1.82, 2.24) is 24.1 Å². The number of pyridine rings is 1. The van der Waals surface area contributed by atoms with Gasteiger partial charge in [-0.15, -0.1) is 0 Å². The van der Waals surface area contributed by atoms with Crippen molar-refractivity contribution in [1.29, 1.82) is 0 Å². The Morgan fingerprint density at radius 3 is 2.87 bits per heavy atom. The van der Waals surface area contributed by atoms with Crippen molar-refractivity contribution >= 4 is 23.1 Å². The Labute approximate surface area is 172 Å². The molecule has 1 N–H and O–H groups in total. The molecule has 2 amide bonds. The van der Waals surface area contributed by atoms with Gasteiger partial charge in [-0.2, -0.15) is 5.10 Å². The van der Waals surface area contributed by atoms with Crippen molar-refractivity contribution in [3.63, 3.8) is 0 Å². The van der Waals surface area contributed by atoms with Crippen molar-refractivity contribution in [2.75, 3.05) is 11.9 Å². The Hall–Kier alpha value is -3.94. The molecular formula is C22H20N6O2. The van der Waals surface area contributed by atoms with Gasteiger partial charge < -0.3 is 14.8 Å². The molecule has 0 aliphatic carbocycles. The van der Waals surface area contributed by atoms with Gasteiger partial charge in [-0.25, -0.2) is 9.50 Å². The van der Waals surface area contributed by atoms with Gasteiger partial charge in [0.25, 0.3) is 11.8 Å². The Kier molecular flexibility index (Phi) is 4.31. The first-order valence-corrected chi connectivity index (χ1v) is 9.74. The molecule has 4 heterocycles. The van der Waals surface area contributed by atoms with Gasteiger partial charge in [-0.05, 0) is 48.9 Å². The molecule has 0 unspecified atom stereocenters. The summed E-state index contributed by atoms with van der Waals surface area (Å²) >= 11 is 0. The molecule has 0 saturated carbocycles. The standard InChI is InChI=1S/C22H20N6O2/c1-15-7-8-16(22(30)27-11-10-26-9-3-4-17(26)13-27)12-18(15)25-21(29)19-5-2-6-20-23-14-24-28(19)20/h2-9,12,14H,10-11,13H2,1H3,(H,25,29). The van der Waals surface area contributed by atoms with Gasteiger partial charge in [0.1, 0.15) is 12.0 Å². The van der Waals surface area contributed by atoms with Crippen molar-refractivity contribution in [3.8, 4) is 0 Å². The van der Waals surface area contributed by atoms with Crippen LogP contribution < -0.4 is 5.32 Å². The number of carbonyl (C=O) groups excluding carboxylic acids is 2. The maximum atomic E-state index is 13.1. The lowest BCUT2D eigenvalue weighted by Crippen LogP contribution is -2.37. The lowest BCUT2D eigenvalue weighted by atomic mass is 10.1. The lowest BCUT2D eigenvalue weighted by Gasteiger charge is -2.29. The summed E-state index contributed by atoms with van der Waals surface area (Å²) < 4.78 is 3.65. The molecule has 150 valence electrons. The summed E-state index contributed by atoms with van der Waals surface area (Å²) in [6.07, 6.45) is 3.44. The largest absolute Gasteiger partial charge is 0.348 e. The van der Waals surface area contributed by atoms with Crippen LogP contribution in [0.15, 0.2) is 61.1 Å². The maximum absolute atomic E-state index is 13.1. The monoisotopic (exact) mass is 400 g/mol. The van der Waals surface area contributed by atoms with Crippen molar-refractivity contribution < 1.29 is 9.59 Å². The number of aromatic nitrogens is 4. The van der Waals surface area contributed by atoms with Crippen LogP contribution in [-0.4, -0.2) is 42.4 Å². The number of benzene rings is 1. The smallest absolute Gasteiger partial charge is 0.274 e. The third kappa shape index (κ3) is 3.12. The summed E-state index contributed by atoms with van der Waals surface area (Å²) in [6, 6.07) is 14.7. The minimum Gasteiger partial charge on any atom is -0.348 e. The Morgan fingerprint density at radius 2 is 1.97 bits per heavy atom. The SMILES string of the molecule is Cc1ccc(C(=O)N2CCn3cccc3C2)cc1NC(=O)c1cccc2ncnn12. The molecule has 5 rings (SSSR count). The number of aryl methyl sites for hydroxylation is 1. The quantitative estimate of drug-likeness (QED) is 0.573. The molecule has 8 nitrogen and oxygen atoms in total. The minimum atomic E-state index is -0.311. The predicted octanol–water partition coefficient (Wildman–Crippen LogP) is 2.75. The number of carbonyl (C=O) groups is 2. The van der Waals surface area contributed by atoms with Crippen molar-refractivity contribution in [2.45, 2.75) is 20.0 Å². The van der Waals surface area contributed by atoms with E-state index in [1.54, 1.807) is 30.3 Å². The average Bonchev–Trinajstić information content (AvgIpc) is 3.43. The number of nitrogens with one attached hydrogen (secondary N) is 1. The first kappa shape index (κ1) is 18.1. The Bertz CT molecular complexity index is 1270. The number of hydrogen-bond donors (Lipinski definition) is 1. The van der Waals surface area contributed by atoms with E-state index in [1.807, 2.05) is 36.2 Å². The molecule has 1 aliphatic rings. The van der Waals surface area contributed by atoms with Crippen molar-refractivity contribution in [3.05, 3.63) is 83.6 Å². The van der Waals surface area contributed by atoms with Crippen LogP contribution in [0.2, 0.25) is 0 Å². The summed E-state index contributed by atoms with van der Waals surface area (Å²) in [5.74, 6) is -0.356. The van der Waals surface area contributed by atoms with E-state index in [4.69, 9.17) is 0 Å². The van der Waals surface area contributed by atoms with Crippen LogP contribution in [0.3, 0.4) is 0 Å². The molecule has 1 aliphatic heterocycles. The fraction of sp³-hybridized carbons (Fsp3) is 0.182. The molecule has 8 heteroatoms. The van der Waals surface area contributed by atoms with E-state index in [9.17, 15) is 9.59 Å². The van der Waals surface area contributed by atoms with Gasteiger partial charge >= 0.3 is 0 Å². The van der Waals surface area contributed by atoms with E-state index in [1.165, 1.54) is 10.8 Å². The second-order valence-electron chi connectivity index (χ2n) is 7.34. The van der Waals surface area contributed by atoms with Crippen LogP contribution >= 0.6 is 0 Å². The normalized spacial score (nSPS) is 13.3. The molecule has 0 fully saturated rings. The molecule has 0 spiro atoms. The number of anilines is 1. The molecule has 0 atom stereocenters. The zero-order valence-electron chi connectivity index (χ0n) is 16.4. The van der Waals surface area contributed by atoms with Crippen LogP contribution in [-0.2, 0) is 13.1 Å². The van der Waals surface area contributed by atoms with E-state index in [0.717, 1.165) is 17.8 Å². The Morgan fingerprint density at radius 1 is 1.07 bits per heavy atom. The zero-order valence-corrected chi connectivity index (χ0v) is 16.4. The highest BCUT2D eigenvalue weighted by atomic mass is 16.2. The highest BCUT2D eigenvalue weighted by Gasteiger charge is 2.22. The Balaban J connectivity index is 1.39. The molecule has 1 aromatic carbocycles. The molecule has 3 aromatic heterocycles. The maximum Gasteiger partial charge on any atom is 0.274 e. The van der Waals surface area contributed by atoms with E-state index >= 15 is 0 Å². The first-order chi connectivity index (χ1) is 14.6. The summed E-state index contributed by atoms with van der Waals surface area (Å²) in [4.78, 5) is 31.9. The minimum absolute atomic E-state index is 0.0451. The number of amides is 2. The fourth-order valence-corrected chi connectivity index (χ4v) is 3.76. The first-order valence-electron chi connectivity index (χ1n) is 9.74. The average molecular weight is 400 g/mol. The highest BCUT2D eigenvalue weighted by molar-refractivity contribution is 6.04. The van der Waals surface area contributed by atoms with E-state index in [0.29, 0.717) is 35.7 Å². The van der Waals surface area contributed by atoms with Crippen LogP contribution in [0.5, 0.6) is 0 Å². The zero-order chi connectivity index (χ0) is 20.7. The number of fused-ring (bicyclic) bond motifs is 2. The van der Waals surface area contributed by atoms with E-state index < -0.39 is 0 Å². The van der Waals surface area contributed by atoms with E-state index in [2.05, 4.69) is 20.0 Å². The summed E-state index contributed by atoms with van der Waals surface area (Å²) in [7, 11) is 0. The van der Waals surface area contributed by atoms with Gasteiger partial charge in [-0.3, -0.25) is 9.59 Å². The van der Waals surface area contributed by atoms with Crippen molar-refractivity contribution in [2.24, 2.45) is 0 Å². The lowest BCUT2D eigenvalue weighted by molar-refractivity contribution is 0.0711. The molecule has 30 heavy (non-hydrogen) atoms. The molecule has 0 saturated heterocycles. The highest BCUT2D eigenvalue weighted by Crippen LogP contribution is 2.21. The molecule has 4 aromatic rings. The molecule has 0 bridgehead atoms. The summed E-state index contributed by atoms with van der Waals surface area (Å²) in [6.45, 7) is 3.92. The number of rotatable bonds is 3. The second-order valence-corrected chi connectivity index (χ2v) is 7.34. The van der Waals surface area contributed by atoms with Crippen LogP contribution in [0.4, 0.5) is 5.69 Å². The van der Waals surface area contributed by atoms with Gasteiger partial charge in [0, 0.05) is 36.2 Å². The predicted molar refractivity (Wildman–Crippen MR) is 111 cm³/mol. The number of hydrogen-bond acceptors (Lipinski definition) is 4. The third-order valence-corrected chi connectivity index (χ3v) is 5.44. The fourth-order valence-electron chi connectivity index (χ4n) is 3.76. The van der Waals surface area contributed by atoms with Gasteiger partial charge in [0.05, 0.1) is 6.54 Å². The number of nitrogens with zero attached hydrogens (tertiary/aromatic N) is 5. The van der Waals surface area contributed by atoms with Crippen LogP contribution in [0, 0.1) is 6.92 Å². The van der Waals surface area contributed by atoms with Gasteiger partial charge in [0.2, 0.25) is 0 Å². The topological polar surface area (TPSA) is 84.5 Å². The molecular weight excluding hydrogens is 380 g/mol. The summed E-state index contributed by atoms with van der Waals surface area (Å²) in [5.41, 5.74) is 4.11.